The molecule has 10 heteroatoms. The molecule has 1 fully saturated rings. The van der Waals surface area contributed by atoms with Crippen LogP contribution in [-0.4, -0.2) is 83.5 Å². The number of nitrogens with zero attached hydrogens (tertiary/aromatic N) is 4. The SMILES string of the molecule is CO[C@@H]1CN(C)C(=O)c2cc(NC(=O)C3CC3)ccc2OC[C@H](C)N(C(=O)c2cnccn2)C[C@H]1C. The quantitative estimate of drug-likeness (QED) is 0.693. The largest absolute Gasteiger partial charge is 0.491 e. The van der Waals surface area contributed by atoms with E-state index in [0.29, 0.717) is 30.1 Å². The van der Waals surface area contributed by atoms with E-state index in [2.05, 4.69) is 15.3 Å². The molecule has 3 amide bonds. The number of rotatable bonds is 4. The predicted molar refractivity (Wildman–Crippen MR) is 133 cm³/mol. The summed E-state index contributed by atoms with van der Waals surface area (Å²) >= 11 is 0. The van der Waals surface area contributed by atoms with Crippen molar-refractivity contribution in [2.24, 2.45) is 11.8 Å². The number of hydrogen-bond acceptors (Lipinski definition) is 7. The normalized spacial score (nSPS) is 23.1. The van der Waals surface area contributed by atoms with E-state index in [0.717, 1.165) is 12.8 Å². The van der Waals surface area contributed by atoms with Crippen molar-refractivity contribution in [1.82, 2.24) is 19.8 Å². The molecule has 0 saturated heterocycles. The van der Waals surface area contributed by atoms with Gasteiger partial charge in [0.2, 0.25) is 5.91 Å². The number of nitrogens with one attached hydrogen (secondary N) is 1. The Kier molecular flexibility index (Phi) is 7.83. The third-order valence-corrected chi connectivity index (χ3v) is 6.70. The predicted octanol–water partition coefficient (Wildman–Crippen LogP) is 2.47. The zero-order valence-corrected chi connectivity index (χ0v) is 21.1. The van der Waals surface area contributed by atoms with Crippen LogP contribution in [0.15, 0.2) is 36.8 Å². The van der Waals surface area contributed by atoms with Crippen LogP contribution in [0.25, 0.3) is 0 Å². The minimum atomic E-state index is -0.325. The first kappa shape index (κ1) is 25.6. The molecule has 0 radical (unpaired) electrons. The zero-order chi connectivity index (χ0) is 25.8. The summed E-state index contributed by atoms with van der Waals surface area (Å²) in [5, 5.41) is 2.90. The van der Waals surface area contributed by atoms with Crippen molar-refractivity contribution in [3.8, 4) is 5.75 Å². The number of fused-ring (bicyclic) bond motifs is 1. The monoisotopic (exact) mass is 495 g/mol. The van der Waals surface area contributed by atoms with E-state index in [4.69, 9.17) is 9.47 Å². The summed E-state index contributed by atoms with van der Waals surface area (Å²) in [6, 6.07) is 4.74. The number of amides is 3. The molecule has 10 nitrogen and oxygen atoms in total. The fourth-order valence-electron chi connectivity index (χ4n) is 4.28. The average Bonchev–Trinajstić information content (AvgIpc) is 3.74. The summed E-state index contributed by atoms with van der Waals surface area (Å²) < 4.78 is 11.8. The van der Waals surface area contributed by atoms with Crippen LogP contribution in [0.3, 0.4) is 0 Å². The lowest BCUT2D eigenvalue weighted by molar-refractivity contribution is -0.117. The average molecular weight is 496 g/mol. The van der Waals surface area contributed by atoms with E-state index in [1.165, 1.54) is 18.6 Å². The van der Waals surface area contributed by atoms with Crippen molar-refractivity contribution in [3.63, 3.8) is 0 Å². The minimum absolute atomic E-state index is 0.0371. The maximum absolute atomic E-state index is 13.4. The van der Waals surface area contributed by atoms with Gasteiger partial charge < -0.3 is 24.6 Å². The van der Waals surface area contributed by atoms with Crippen LogP contribution in [0, 0.1) is 11.8 Å². The minimum Gasteiger partial charge on any atom is -0.491 e. The first-order valence-corrected chi connectivity index (χ1v) is 12.2. The van der Waals surface area contributed by atoms with Crippen molar-refractivity contribution >= 4 is 23.4 Å². The van der Waals surface area contributed by atoms with Crippen LogP contribution in [0.5, 0.6) is 5.75 Å². The second-order valence-corrected chi connectivity index (χ2v) is 9.62. The maximum Gasteiger partial charge on any atom is 0.274 e. The van der Waals surface area contributed by atoms with Crippen molar-refractivity contribution in [3.05, 3.63) is 48.0 Å². The highest BCUT2D eigenvalue weighted by atomic mass is 16.5. The van der Waals surface area contributed by atoms with Gasteiger partial charge in [-0.1, -0.05) is 6.92 Å². The molecule has 1 saturated carbocycles. The molecule has 0 bridgehead atoms. The number of carbonyl (C=O) groups excluding carboxylic acids is 3. The fraction of sp³-hybridized carbons (Fsp3) is 0.500. The Labute approximate surface area is 211 Å². The molecular formula is C26H33N5O5. The van der Waals surface area contributed by atoms with Crippen LogP contribution >= 0.6 is 0 Å². The van der Waals surface area contributed by atoms with Gasteiger partial charge in [-0.25, -0.2) is 4.98 Å². The van der Waals surface area contributed by atoms with Crippen LogP contribution in [0.4, 0.5) is 5.69 Å². The van der Waals surface area contributed by atoms with Crippen molar-refractivity contribution in [1.29, 1.82) is 0 Å². The molecule has 4 rings (SSSR count). The lowest BCUT2D eigenvalue weighted by Gasteiger charge is -2.35. The van der Waals surface area contributed by atoms with Gasteiger partial charge in [0.05, 0.1) is 23.9 Å². The van der Waals surface area contributed by atoms with Gasteiger partial charge in [-0.3, -0.25) is 19.4 Å². The molecule has 1 aliphatic carbocycles. The molecule has 1 N–H and O–H groups in total. The van der Waals surface area contributed by atoms with Crippen molar-refractivity contribution < 1.29 is 23.9 Å². The zero-order valence-electron chi connectivity index (χ0n) is 21.1. The van der Waals surface area contributed by atoms with Gasteiger partial charge >= 0.3 is 0 Å². The van der Waals surface area contributed by atoms with Gasteiger partial charge in [0, 0.05) is 57.2 Å². The fourth-order valence-corrected chi connectivity index (χ4v) is 4.28. The number of aromatic nitrogens is 2. The number of anilines is 1. The Morgan fingerprint density at radius 3 is 2.61 bits per heavy atom. The molecule has 36 heavy (non-hydrogen) atoms. The summed E-state index contributed by atoms with van der Waals surface area (Å²) in [7, 11) is 3.31. The first-order chi connectivity index (χ1) is 17.3. The van der Waals surface area contributed by atoms with E-state index >= 15 is 0 Å². The summed E-state index contributed by atoms with van der Waals surface area (Å²) in [5.74, 6) is -0.176. The van der Waals surface area contributed by atoms with Gasteiger partial charge in [0.25, 0.3) is 11.8 Å². The van der Waals surface area contributed by atoms with Gasteiger partial charge in [-0.15, -0.1) is 0 Å². The van der Waals surface area contributed by atoms with Gasteiger partial charge in [-0.2, -0.15) is 0 Å². The highest BCUT2D eigenvalue weighted by Crippen LogP contribution is 2.31. The highest BCUT2D eigenvalue weighted by molar-refractivity contribution is 6.00. The summed E-state index contributed by atoms with van der Waals surface area (Å²) in [5.41, 5.74) is 1.14. The van der Waals surface area contributed by atoms with Gasteiger partial charge in [-0.05, 0) is 38.0 Å². The van der Waals surface area contributed by atoms with Crippen LogP contribution < -0.4 is 10.1 Å². The van der Waals surface area contributed by atoms with Crippen molar-refractivity contribution in [2.45, 2.75) is 38.8 Å². The Hall–Kier alpha value is -3.53. The topological polar surface area (TPSA) is 114 Å². The molecule has 2 aliphatic rings. The molecule has 3 atom stereocenters. The number of carbonyl (C=O) groups is 3. The Bertz CT molecular complexity index is 1110. The van der Waals surface area contributed by atoms with Crippen LogP contribution in [0.2, 0.25) is 0 Å². The number of hydrogen-bond donors (Lipinski definition) is 1. The Balaban J connectivity index is 1.65. The standard InChI is InChI=1S/C26H33N5O5/c1-16-13-31(26(34)21-12-27-9-10-28-21)17(2)15-36-22-8-7-19(29-24(32)18-5-6-18)11-20(22)25(33)30(3)14-23(16)35-4/h7-12,16-18,23H,5-6,13-15H2,1-4H3,(H,29,32)/t16-,17+,23-/m1/s1. The lowest BCUT2D eigenvalue weighted by Crippen LogP contribution is -2.48. The molecule has 0 spiro atoms. The third-order valence-electron chi connectivity index (χ3n) is 6.70. The van der Waals surface area contributed by atoms with E-state index in [1.54, 1.807) is 42.2 Å². The molecule has 1 aromatic heterocycles. The molecule has 2 aromatic rings. The second-order valence-electron chi connectivity index (χ2n) is 9.62. The van der Waals surface area contributed by atoms with E-state index < -0.39 is 0 Å². The summed E-state index contributed by atoms with van der Waals surface area (Å²) in [6.07, 6.45) is 5.92. The Morgan fingerprint density at radius 2 is 1.94 bits per heavy atom. The summed E-state index contributed by atoms with van der Waals surface area (Å²) in [6.45, 7) is 4.75. The van der Waals surface area contributed by atoms with Crippen LogP contribution in [0.1, 0.15) is 47.5 Å². The molecule has 192 valence electrons. The van der Waals surface area contributed by atoms with Crippen LogP contribution in [-0.2, 0) is 9.53 Å². The molecule has 1 aromatic carbocycles. The molecular weight excluding hydrogens is 462 g/mol. The smallest absolute Gasteiger partial charge is 0.274 e. The lowest BCUT2D eigenvalue weighted by atomic mass is 10.0. The summed E-state index contributed by atoms with van der Waals surface area (Å²) in [4.78, 5) is 50.6. The maximum atomic E-state index is 13.4. The second kappa shape index (κ2) is 11.0. The molecule has 1 aliphatic heterocycles. The highest BCUT2D eigenvalue weighted by Gasteiger charge is 2.32. The number of likely N-dealkylation sites (N-methyl/N-ethyl adjacent to an activating group) is 1. The number of ether oxygens (including phenoxy) is 2. The van der Waals surface area contributed by atoms with Gasteiger partial charge in [0.15, 0.2) is 0 Å². The van der Waals surface area contributed by atoms with Gasteiger partial charge in [0.1, 0.15) is 18.1 Å². The molecule has 2 heterocycles. The van der Waals surface area contributed by atoms with E-state index in [1.807, 2.05) is 13.8 Å². The van der Waals surface area contributed by atoms with E-state index in [9.17, 15) is 14.4 Å². The Morgan fingerprint density at radius 1 is 1.17 bits per heavy atom. The number of methoxy groups -OCH3 is 1. The number of benzene rings is 1. The molecule has 0 unspecified atom stereocenters. The van der Waals surface area contributed by atoms with E-state index in [-0.39, 0.29) is 54.0 Å². The third kappa shape index (κ3) is 5.81. The first-order valence-electron chi connectivity index (χ1n) is 12.2. The van der Waals surface area contributed by atoms with Crippen molar-refractivity contribution in [2.75, 3.05) is 39.2 Å².